The molecule has 0 radical (unpaired) electrons. The van der Waals surface area contributed by atoms with Crippen LogP contribution in [0.4, 0.5) is 0 Å². The number of likely N-dealkylation sites (tertiary alicyclic amines) is 1. The molecule has 0 saturated carbocycles. The summed E-state index contributed by atoms with van der Waals surface area (Å²) in [5.41, 5.74) is 2.34. The number of hydrogen-bond donors (Lipinski definition) is 0. The number of aryl methyl sites for hydroxylation is 1. The highest BCUT2D eigenvalue weighted by Gasteiger charge is 2.28. The molecule has 4 heterocycles. The fourth-order valence-electron chi connectivity index (χ4n) is 5.35. The number of fused-ring (bicyclic) bond motifs is 2. The summed E-state index contributed by atoms with van der Waals surface area (Å²) in [5, 5.41) is 2.17. The fraction of sp³-hybridized carbons (Fsp3) is 0.577. The zero-order valence-corrected chi connectivity index (χ0v) is 19.7. The highest BCUT2D eigenvalue weighted by Crippen LogP contribution is 2.36. The molecule has 172 valence electrons. The summed E-state index contributed by atoms with van der Waals surface area (Å²) < 4.78 is 11.0. The van der Waals surface area contributed by atoms with Gasteiger partial charge in [0.25, 0.3) is 0 Å². The highest BCUT2D eigenvalue weighted by atomic mass is 32.1. The third-order valence-corrected chi connectivity index (χ3v) is 8.04. The van der Waals surface area contributed by atoms with E-state index in [1.54, 1.807) is 0 Å². The van der Waals surface area contributed by atoms with Gasteiger partial charge in [-0.2, -0.15) is 0 Å². The molecule has 1 saturated heterocycles. The van der Waals surface area contributed by atoms with E-state index in [-0.39, 0.29) is 12.7 Å². The molecule has 3 aliphatic heterocycles. The normalized spacial score (nSPS) is 20.9. The molecule has 0 spiro atoms. The van der Waals surface area contributed by atoms with E-state index in [1.165, 1.54) is 62.1 Å². The average molecular weight is 455 g/mol. The Morgan fingerprint density at radius 3 is 2.78 bits per heavy atom. The molecule has 0 N–H and O–H groups in total. The van der Waals surface area contributed by atoms with Crippen molar-refractivity contribution in [1.82, 2.24) is 9.80 Å². The Morgan fingerprint density at radius 1 is 1.06 bits per heavy atom. The molecule has 1 atom stereocenters. The first-order valence-corrected chi connectivity index (χ1v) is 13.1. The van der Waals surface area contributed by atoms with Crippen LogP contribution in [0.3, 0.4) is 0 Å². The second kappa shape index (κ2) is 10.3. The van der Waals surface area contributed by atoms with Crippen LogP contribution in [0, 0.1) is 5.92 Å². The van der Waals surface area contributed by atoms with Gasteiger partial charge in [-0.05, 0) is 92.2 Å². The molecule has 0 aliphatic carbocycles. The van der Waals surface area contributed by atoms with Crippen molar-refractivity contribution in [3.8, 4) is 11.5 Å². The van der Waals surface area contributed by atoms with Gasteiger partial charge in [0, 0.05) is 24.5 Å². The van der Waals surface area contributed by atoms with Gasteiger partial charge in [-0.3, -0.25) is 4.79 Å². The largest absolute Gasteiger partial charge is 0.454 e. The lowest BCUT2D eigenvalue weighted by Crippen LogP contribution is -2.43. The van der Waals surface area contributed by atoms with Crippen molar-refractivity contribution in [2.75, 3.05) is 39.5 Å². The van der Waals surface area contributed by atoms with Crippen molar-refractivity contribution < 1.29 is 14.3 Å². The van der Waals surface area contributed by atoms with Crippen molar-refractivity contribution in [1.29, 1.82) is 0 Å². The number of amides is 1. The minimum atomic E-state index is 0.258. The Labute approximate surface area is 195 Å². The van der Waals surface area contributed by atoms with Gasteiger partial charge in [-0.25, -0.2) is 0 Å². The monoisotopic (exact) mass is 454 g/mol. The van der Waals surface area contributed by atoms with E-state index in [0.717, 1.165) is 43.1 Å². The zero-order chi connectivity index (χ0) is 21.8. The fourth-order valence-corrected chi connectivity index (χ4v) is 6.10. The summed E-state index contributed by atoms with van der Waals surface area (Å²) in [6.45, 7) is 5.54. The Balaban J connectivity index is 1.08. The third-order valence-electron chi connectivity index (χ3n) is 7.10. The summed E-state index contributed by atoms with van der Waals surface area (Å²) in [6.07, 6.45) is 8.97. The van der Waals surface area contributed by atoms with Crippen molar-refractivity contribution in [2.24, 2.45) is 5.92 Å². The van der Waals surface area contributed by atoms with Crippen molar-refractivity contribution in [3.05, 3.63) is 45.6 Å². The molecule has 5 rings (SSSR count). The van der Waals surface area contributed by atoms with Gasteiger partial charge < -0.3 is 19.3 Å². The first kappa shape index (κ1) is 21.8. The summed E-state index contributed by atoms with van der Waals surface area (Å²) in [4.78, 5) is 19.3. The molecule has 1 fully saturated rings. The van der Waals surface area contributed by atoms with E-state index < -0.39 is 0 Å². The highest BCUT2D eigenvalue weighted by molar-refractivity contribution is 7.09. The lowest BCUT2D eigenvalue weighted by molar-refractivity contribution is -0.131. The van der Waals surface area contributed by atoms with Crippen LogP contribution in [0.5, 0.6) is 11.5 Å². The number of carbonyl (C=O) groups is 1. The maximum absolute atomic E-state index is 13.0. The van der Waals surface area contributed by atoms with E-state index in [2.05, 4.69) is 33.4 Å². The zero-order valence-electron chi connectivity index (χ0n) is 18.9. The molecule has 5 nitrogen and oxygen atoms in total. The van der Waals surface area contributed by atoms with E-state index in [9.17, 15) is 4.79 Å². The molecule has 6 heteroatoms. The number of thiophene rings is 1. The number of nitrogens with zero attached hydrogens (tertiary/aromatic N) is 2. The van der Waals surface area contributed by atoms with Gasteiger partial charge in [0.1, 0.15) is 0 Å². The second-order valence-corrected chi connectivity index (χ2v) is 10.5. The summed E-state index contributed by atoms with van der Waals surface area (Å²) in [5.74, 6) is 2.45. The molecule has 1 unspecified atom stereocenters. The van der Waals surface area contributed by atoms with Gasteiger partial charge in [0.15, 0.2) is 11.5 Å². The smallest absolute Gasteiger partial charge is 0.231 e. The molecular weight excluding hydrogens is 420 g/mol. The number of benzene rings is 1. The molecular formula is C26H34N2O3S. The Hall–Kier alpha value is -2.05. The van der Waals surface area contributed by atoms with Crippen LogP contribution in [0.15, 0.2) is 29.6 Å². The van der Waals surface area contributed by atoms with Crippen LogP contribution in [0.1, 0.15) is 48.1 Å². The maximum atomic E-state index is 13.0. The van der Waals surface area contributed by atoms with Crippen LogP contribution >= 0.6 is 11.3 Å². The van der Waals surface area contributed by atoms with Crippen LogP contribution in [-0.2, 0) is 24.1 Å². The molecule has 2 aromatic rings. The molecule has 3 aliphatic rings. The van der Waals surface area contributed by atoms with Gasteiger partial charge in [-0.15, -0.1) is 11.3 Å². The van der Waals surface area contributed by atoms with Crippen LogP contribution in [0.25, 0.3) is 0 Å². The molecule has 1 aromatic carbocycles. The quantitative estimate of drug-likeness (QED) is 0.550. The van der Waals surface area contributed by atoms with Gasteiger partial charge >= 0.3 is 0 Å². The van der Waals surface area contributed by atoms with E-state index >= 15 is 0 Å². The summed E-state index contributed by atoms with van der Waals surface area (Å²) >= 11 is 1.87. The standard InChI is InChI=1S/C26H34N2O3S/c29-26-16-22-15-25-24(30-19-31-25)14-21(22)9-12-28(26)18-20-6-4-11-27(17-20)10-3-1-2-7-23-8-5-13-32-23/h5,8,13-15,20H,1-4,6-7,9-12,16-19H2. The minimum Gasteiger partial charge on any atom is -0.454 e. The summed E-state index contributed by atoms with van der Waals surface area (Å²) in [7, 11) is 0. The Bertz CT molecular complexity index is 914. The van der Waals surface area contributed by atoms with Crippen LogP contribution in [-0.4, -0.2) is 55.2 Å². The minimum absolute atomic E-state index is 0.258. The predicted molar refractivity (Wildman–Crippen MR) is 128 cm³/mol. The van der Waals surface area contributed by atoms with E-state index in [1.807, 2.05) is 17.4 Å². The lowest BCUT2D eigenvalue weighted by Gasteiger charge is -2.35. The topological polar surface area (TPSA) is 42.0 Å². The van der Waals surface area contributed by atoms with E-state index in [4.69, 9.17) is 9.47 Å². The van der Waals surface area contributed by atoms with Crippen LogP contribution < -0.4 is 9.47 Å². The van der Waals surface area contributed by atoms with Gasteiger partial charge in [0.2, 0.25) is 12.7 Å². The number of hydrogen-bond acceptors (Lipinski definition) is 5. The SMILES string of the molecule is O=C1Cc2cc3c(cc2CCN1CC1CCCN(CCCCCc2cccs2)C1)OCO3. The van der Waals surface area contributed by atoms with Crippen molar-refractivity contribution >= 4 is 17.2 Å². The maximum Gasteiger partial charge on any atom is 0.231 e. The number of piperidine rings is 1. The number of rotatable bonds is 8. The lowest BCUT2D eigenvalue weighted by atomic mass is 9.97. The van der Waals surface area contributed by atoms with Gasteiger partial charge in [0.05, 0.1) is 6.42 Å². The molecule has 1 amide bonds. The number of unbranched alkanes of at least 4 members (excludes halogenated alkanes) is 2. The Kier molecular flexibility index (Phi) is 6.98. The van der Waals surface area contributed by atoms with Crippen LogP contribution in [0.2, 0.25) is 0 Å². The van der Waals surface area contributed by atoms with Crippen molar-refractivity contribution in [2.45, 2.75) is 51.4 Å². The first-order valence-electron chi connectivity index (χ1n) is 12.2. The van der Waals surface area contributed by atoms with E-state index in [0.29, 0.717) is 12.3 Å². The van der Waals surface area contributed by atoms with Crippen molar-refractivity contribution in [3.63, 3.8) is 0 Å². The second-order valence-electron chi connectivity index (χ2n) is 9.44. The third kappa shape index (κ3) is 5.29. The predicted octanol–water partition coefficient (Wildman–Crippen LogP) is 4.53. The van der Waals surface area contributed by atoms with Gasteiger partial charge in [-0.1, -0.05) is 12.5 Å². The first-order chi connectivity index (χ1) is 15.7. The average Bonchev–Trinajstić information content (AvgIpc) is 3.45. The molecule has 32 heavy (non-hydrogen) atoms. The summed E-state index contributed by atoms with van der Waals surface area (Å²) in [6, 6.07) is 8.49. The molecule has 1 aromatic heterocycles. The Morgan fingerprint density at radius 2 is 1.94 bits per heavy atom. The number of ether oxygens (including phenoxy) is 2. The number of carbonyl (C=O) groups excluding carboxylic acids is 1. The molecule has 0 bridgehead atoms.